The fraction of sp³-hybridized carbons (Fsp3) is 0.400. The van der Waals surface area contributed by atoms with E-state index in [0.717, 1.165) is 0 Å². The minimum Gasteiger partial charge on any atom is -0.383 e. The van der Waals surface area contributed by atoms with E-state index in [4.69, 9.17) is 5.14 Å². The second-order valence-electron chi connectivity index (χ2n) is 3.80. The van der Waals surface area contributed by atoms with Crippen LogP contribution in [0.25, 0.3) is 0 Å². The van der Waals surface area contributed by atoms with Gasteiger partial charge in [-0.1, -0.05) is 6.08 Å². The van der Waals surface area contributed by atoms with Gasteiger partial charge in [-0.2, -0.15) is 5.10 Å². The maximum atomic E-state index is 11.8. The summed E-state index contributed by atoms with van der Waals surface area (Å²) in [6.45, 7) is 4.23. The summed E-state index contributed by atoms with van der Waals surface area (Å²) in [4.78, 5) is 11.8. The Morgan fingerprint density at radius 2 is 2.26 bits per heavy atom. The van der Waals surface area contributed by atoms with Crippen molar-refractivity contribution in [3.8, 4) is 0 Å². The van der Waals surface area contributed by atoms with Crippen molar-refractivity contribution < 1.29 is 8.42 Å². The van der Waals surface area contributed by atoms with Crippen LogP contribution in [0.3, 0.4) is 0 Å². The van der Waals surface area contributed by atoms with Crippen molar-refractivity contribution in [3.05, 3.63) is 33.7 Å². The van der Waals surface area contributed by atoms with Gasteiger partial charge in [0.2, 0.25) is 10.0 Å². The van der Waals surface area contributed by atoms with E-state index < -0.39 is 10.0 Å². The number of primary sulfonamides is 1. The number of allylic oxidation sites excluding steroid dienone is 1. The molecule has 1 rings (SSSR count). The molecule has 0 amide bonds. The Bertz CT molecular complexity index is 612. The van der Waals surface area contributed by atoms with Crippen LogP contribution in [0.15, 0.2) is 28.1 Å². The van der Waals surface area contributed by atoms with Crippen LogP contribution >= 0.6 is 15.9 Å². The molecule has 0 atom stereocenters. The molecule has 0 aliphatic rings. The highest BCUT2D eigenvalue weighted by molar-refractivity contribution is 9.10. The van der Waals surface area contributed by atoms with Crippen LogP contribution in [0.2, 0.25) is 0 Å². The molecule has 7 nitrogen and oxygen atoms in total. The normalized spacial score (nSPS) is 11.3. The quantitative estimate of drug-likeness (QED) is 0.542. The van der Waals surface area contributed by atoms with Gasteiger partial charge in [0.25, 0.3) is 5.56 Å². The molecule has 1 aromatic rings. The highest BCUT2D eigenvalue weighted by atomic mass is 79.9. The average Bonchev–Trinajstić information content (AvgIpc) is 2.32. The van der Waals surface area contributed by atoms with Gasteiger partial charge in [0.05, 0.1) is 24.2 Å². The van der Waals surface area contributed by atoms with Crippen molar-refractivity contribution in [2.45, 2.75) is 13.0 Å². The molecule has 0 aliphatic heterocycles. The third-order valence-electron chi connectivity index (χ3n) is 2.21. The predicted molar refractivity (Wildman–Crippen MR) is 77.5 cm³/mol. The average molecular weight is 351 g/mol. The minimum atomic E-state index is -3.46. The number of hydrogen-bond donors (Lipinski definition) is 2. The van der Waals surface area contributed by atoms with E-state index in [1.54, 1.807) is 6.08 Å². The van der Waals surface area contributed by atoms with Gasteiger partial charge in [0.1, 0.15) is 4.47 Å². The van der Waals surface area contributed by atoms with Gasteiger partial charge in [-0.05, 0) is 22.4 Å². The molecule has 0 spiro atoms. The van der Waals surface area contributed by atoms with E-state index in [0.29, 0.717) is 29.7 Å². The van der Waals surface area contributed by atoms with E-state index in [9.17, 15) is 13.2 Å². The summed E-state index contributed by atoms with van der Waals surface area (Å²) in [5.74, 6) is -0.113. The molecule has 0 saturated carbocycles. The number of rotatable bonds is 7. The molecule has 1 aromatic heterocycles. The lowest BCUT2D eigenvalue weighted by Gasteiger charge is -2.09. The molecule has 0 aliphatic carbocycles. The minimum absolute atomic E-state index is 0.113. The highest BCUT2D eigenvalue weighted by Gasteiger charge is 2.08. The first-order valence-corrected chi connectivity index (χ1v) is 7.97. The largest absolute Gasteiger partial charge is 0.383 e. The lowest BCUT2D eigenvalue weighted by Crippen LogP contribution is -2.24. The molecule has 9 heteroatoms. The Balaban J connectivity index is 2.68. The van der Waals surface area contributed by atoms with E-state index in [1.165, 1.54) is 10.9 Å². The summed E-state index contributed by atoms with van der Waals surface area (Å²) in [5.41, 5.74) is 0.232. The zero-order valence-corrected chi connectivity index (χ0v) is 12.6. The molecular formula is C10H15BrN4O3S. The molecule has 0 bridgehead atoms. The van der Waals surface area contributed by atoms with E-state index >= 15 is 0 Å². The maximum Gasteiger partial charge on any atom is 0.283 e. The number of nitrogens with two attached hydrogens (primary N) is 1. The third kappa shape index (κ3) is 5.13. The zero-order valence-electron chi connectivity index (χ0n) is 10.2. The van der Waals surface area contributed by atoms with Crippen molar-refractivity contribution in [3.63, 3.8) is 0 Å². The monoisotopic (exact) mass is 350 g/mol. The van der Waals surface area contributed by atoms with Crippen molar-refractivity contribution in [2.24, 2.45) is 5.14 Å². The van der Waals surface area contributed by atoms with E-state index in [1.807, 2.05) is 0 Å². The molecular weight excluding hydrogens is 336 g/mol. The number of halogens is 1. The van der Waals surface area contributed by atoms with Gasteiger partial charge in [-0.25, -0.2) is 18.2 Å². The van der Waals surface area contributed by atoms with Crippen LogP contribution < -0.4 is 16.0 Å². The third-order valence-corrected chi connectivity index (χ3v) is 3.83. The molecule has 0 radical (unpaired) electrons. The molecule has 0 fully saturated rings. The van der Waals surface area contributed by atoms with Crippen molar-refractivity contribution in [1.82, 2.24) is 9.78 Å². The van der Waals surface area contributed by atoms with Crippen LogP contribution in [-0.2, 0) is 16.6 Å². The van der Waals surface area contributed by atoms with Crippen LogP contribution in [0.4, 0.5) is 5.69 Å². The first-order valence-electron chi connectivity index (χ1n) is 5.46. The topological polar surface area (TPSA) is 107 Å². The van der Waals surface area contributed by atoms with Gasteiger partial charge in [0.15, 0.2) is 0 Å². The van der Waals surface area contributed by atoms with E-state index in [-0.39, 0.29) is 11.3 Å². The fourth-order valence-electron chi connectivity index (χ4n) is 1.34. The Hall–Kier alpha value is -1.19. The highest BCUT2D eigenvalue weighted by Crippen LogP contribution is 2.15. The lowest BCUT2D eigenvalue weighted by atomic mass is 10.4. The Labute approximate surface area is 119 Å². The molecule has 0 unspecified atom stereocenters. The fourth-order valence-corrected chi connectivity index (χ4v) is 2.33. The van der Waals surface area contributed by atoms with Crippen molar-refractivity contribution in [1.29, 1.82) is 0 Å². The number of sulfonamides is 1. The molecule has 19 heavy (non-hydrogen) atoms. The first kappa shape index (κ1) is 15.9. The number of anilines is 1. The Morgan fingerprint density at radius 1 is 1.58 bits per heavy atom. The molecule has 0 aromatic carbocycles. The van der Waals surface area contributed by atoms with Crippen LogP contribution in [0.1, 0.15) is 6.42 Å². The van der Waals surface area contributed by atoms with Gasteiger partial charge >= 0.3 is 0 Å². The van der Waals surface area contributed by atoms with Gasteiger partial charge in [-0.15, -0.1) is 6.58 Å². The number of hydrogen-bond acceptors (Lipinski definition) is 5. The number of nitrogens with one attached hydrogen (secondary N) is 1. The molecule has 0 saturated heterocycles. The second-order valence-corrected chi connectivity index (χ2v) is 6.32. The first-order chi connectivity index (χ1) is 8.85. The summed E-state index contributed by atoms with van der Waals surface area (Å²) in [6.07, 6.45) is 3.41. The maximum absolute atomic E-state index is 11.8. The lowest BCUT2D eigenvalue weighted by molar-refractivity contribution is 0.595. The van der Waals surface area contributed by atoms with Crippen molar-refractivity contribution >= 4 is 31.6 Å². The van der Waals surface area contributed by atoms with Gasteiger partial charge in [0, 0.05) is 6.54 Å². The predicted octanol–water partition coefficient (Wildman–Crippen LogP) is 0.282. The zero-order chi connectivity index (χ0) is 14.5. The molecule has 106 valence electrons. The smallest absolute Gasteiger partial charge is 0.283 e. The summed E-state index contributed by atoms with van der Waals surface area (Å²) >= 11 is 3.18. The Morgan fingerprint density at radius 3 is 2.84 bits per heavy atom. The van der Waals surface area contributed by atoms with Gasteiger partial charge < -0.3 is 5.32 Å². The second kappa shape index (κ2) is 6.83. The van der Waals surface area contributed by atoms with Crippen molar-refractivity contribution in [2.75, 3.05) is 17.6 Å². The van der Waals surface area contributed by atoms with Gasteiger partial charge in [-0.3, -0.25) is 4.79 Å². The van der Waals surface area contributed by atoms with Crippen LogP contribution in [0, 0.1) is 0 Å². The summed E-state index contributed by atoms with van der Waals surface area (Å²) in [6, 6.07) is 0. The summed E-state index contributed by atoms with van der Waals surface area (Å²) < 4.78 is 23.1. The summed E-state index contributed by atoms with van der Waals surface area (Å²) in [7, 11) is -3.46. The molecule has 1 heterocycles. The molecule has 3 N–H and O–H groups in total. The standard InChI is InChI=1S/C10H15BrN4O3S/c1-2-5-15-10(16)9(11)8(7-14-15)13-4-3-6-19(12,17)18/h2,7,13H,1,3-6H2,(H2,12,17,18). The summed E-state index contributed by atoms with van der Waals surface area (Å²) in [5, 5.41) is 11.8. The van der Waals surface area contributed by atoms with E-state index in [2.05, 4.69) is 32.9 Å². The number of aromatic nitrogens is 2. The van der Waals surface area contributed by atoms with Crippen LogP contribution in [-0.4, -0.2) is 30.5 Å². The van der Waals surface area contributed by atoms with Crippen LogP contribution in [0.5, 0.6) is 0 Å². The Kier molecular flexibility index (Phi) is 5.70. The SMILES string of the molecule is C=CCn1ncc(NCCCS(N)(=O)=O)c(Br)c1=O. The number of nitrogens with zero attached hydrogens (tertiary/aromatic N) is 2.